The van der Waals surface area contributed by atoms with Crippen molar-refractivity contribution in [2.45, 2.75) is 46.5 Å². The molecule has 0 saturated carbocycles. The van der Waals surface area contributed by atoms with Crippen molar-refractivity contribution in [1.82, 2.24) is 10.6 Å². The lowest BCUT2D eigenvalue weighted by Crippen LogP contribution is -2.44. The van der Waals surface area contributed by atoms with E-state index in [-0.39, 0.29) is 48.5 Å². The molecule has 28 heavy (non-hydrogen) atoms. The molecule has 1 heterocycles. The Morgan fingerprint density at radius 3 is 2.57 bits per heavy atom. The third kappa shape index (κ3) is 6.34. The number of aliphatic hydroxyl groups excluding tert-OH is 1. The van der Waals surface area contributed by atoms with E-state index >= 15 is 0 Å². The van der Waals surface area contributed by atoms with Gasteiger partial charge in [-0.3, -0.25) is 4.79 Å². The first-order chi connectivity index (χ1) is 13.1. The zero-order valence-corrected chi connectivity index (χ0v) is 19.7. The predicted octanol–water partition coefficient (Wildman–Crippen LogP) is 2.94. The Balaban J connectivity index is 0.00000392. The molecular weight excluding hydrogens is 467 g/mol. The summed E-state index contributed by atoms with van der Waals surface area (Å²) in [6.45, 7) is 8.81. The van der Waals surface area contributed by atoms with Gasteiger partial charge in [-0.15, -0.1) is 24.0 Å². The van der Waals surface area contributed by atoms with Gasteiger partial charge in [-0.2, -0.15) is 0 Å². The molecule has 0 atom stereocenters. The van der Waals surface area contributed by atoms with Gasteiger partial charge in [0.1, 0.15) is 6.54 Å². The third-order valence-corrected chi connectivity index (χ3v) is 5.68. The van der Waals surface area contributed by atoms with Crippen molar-refractivity contribution >= 4 is 41.5 Å². The second-order valence-electron chi connectivity index (χ2n) is 7.15. The van der Waals surface area contributed by atoms with E-state index in [0.717, 1.165) is 51.0 Å². The van der Waals surface area contributed by atoms with Crippen LogP contribution in [0.1, 0.15) is 45.6 Å². The standard InChI is InChI=1S/C21H34N4O2.HI/c1-4-21(5-2,12-14-26)16-24-20(22-6-3)23-15-19(27)25-13-11-17-9-7-8-10-18(17)25;/h7-10,26H,4-6,11-16H2,1-3H3,(H2,22,23,24);1H. The molecule has 6 nitrogen and oxygen atoms in total. The van der Waals surface area contributed by atoms with Crippen LogP contribution in [-0.2, 0) is 11.2 Å². The first-order valence-corrected chi connectivity index (χ1v) is 10.1. The fourth-order valence-corrected chi connectivity index (χ4v) is 3.62. The number of rotatable bonds is 9. The van der Waals surface area contributed by atoms with Crippen molar-refractivity contribution in [3.05, 3.63) is 29.8 Å². The van der Waals surface area contributed by atoms with Crippen molar-refractivity contribution in [2.75, 3.05) is 37.7 Å². The molecule has 0 unspecified atom stereocenters. The number of nitrogens with one attached hydrogen (secondary N) is 2. The number of hydrogen-bond acceptors (Lipinski definition) is 3. The average molecular weight is 502 g/mol. The van der Waals surface area contributed by atoms with Gasteiger partial charge in [-0.1, -0.05) is 32.0 Å². The number of guanidine groups is 1. The minimum atomic E-state index is 0. The van der Waals surface area contributed by atoms with Crippen LogP contribution in [0.25, 0.3) is 0 Å². The van der Waals surface area contributed by atoms with Crippen LogP contribution in [0.4, 0.5) is 5.69 Å². The van der Waals surface area contributed by atoms with E-state index in [4.69, 9.17) is 0 Å². The van der Waals surface area contributed by atoms with Gasteiger partial charge in [-0.25, -0.2) is 4.99 Å². The predicted molar refractivity (Wildman–Crippen MR) is 127 cm³/mol. The highest BCUT2D eigenvalue weighted by atomic mass is 127. The van der Waals surface area contributed by atoms with Gasteiger partial charge in [0.15, 0.2) is 5.96 Å². The number of benzene rings is 1. The Morgan fingerprint density at radius 1 is 1.21 bits per heavy atom. The van der Waals surface area contributed by atoms with E-state index < -0.39 is 0 Å². The molecule has 1 aliphatic heterocycles. The van der Waals surface area contributed by atoms with E-state index in [2.05, 4.69) is 35.5 Å². The lowest BCUT2D eigenvalue weighted by Gasteiger charge is -2.32. The molecule has 0 aliphatic carbocycles. The van der Waals surface area contributed by atoms with Crippen LogP contribution >= 0.6 is 24.0 Å². The van der Waals surface area contributed by atoms with E-state index in [1.807, 2.05) is 30.0 Å². The van der Waals surface area contributed by atoms with Crippen molar-refractivity contribution in [3.8, 4) is 0 Å². The third-order valence-electron chi connectivity index (χ3n) is 5.68. The fraction of sp³-hybridized carbons (Fsp3) is 0.619. The molecule has 1 aromatic carbocycles. The number of aliphatic hydroxyl groups is 1. The van der Waals surface area contributed by atoms with Gasteiger partial charge in [0.05, 0.1) is 0 Å². The van der Waals surface area contributed by atoms with Crippen LogP contribution in [0, 0.1) is 5.41 Å². The minimum Gasteiger partial charge on any atom is -0.396 e. The van der Waals surface area contributed by atoms with Crippen molar-refractivity contribution in [1.29, 1.82) is 0 Å². The topological polar surface area (TPSA) is 77.0 Å². The number of carbonyl (C=O) groups is 1. The molecule has 0 aromatic heterocycles. The number of para-hydroxylation sites is 1. The Hall–Kier alpha value is -1.35. The highest BCUT2D eigenvalue weighted by Crippen LogP contribution is 2.29. The van der Waals surface area contributed by atoms with E-state index in [1.165, 1.54) is 5.56 Å². The number of fused-ring (bicyclic) bond motifs is 1. The van der Waals surface area contributed by atoms with Crippen molar-refractivity contribution in [2.24, 2.45) is 10.4 Å². The van der Waals surface area contributed by atoms with Crippen LogP contribution in [0.2, 0.25) is 0 Å². The summed E-state index contributed by atoms with van der Waals surface area (Å²) in [5.41, 5.74) is 2.28. The summed E-state index contributed by atoms with van der Waals surface area (Å²) in [5.74, 6) is 0.673. The molecule has 7 heteroatoms. The first kappa shape index (κ1) is 24.7. The fourth-order valence-electron chi connectivity index (χ4n) is 3.62. The second-order valence-corrected chi connectivity index (χ2v) is 7.15. The molecule has 0 bridgehead atoms. The Labute approximate surface area is 186 Å². The minimum absolute atomic E-state index is 0. The number of amides is 1. The van der Waals surface area contributed by atoms with Crippen molar-refractivity contribution in [3.63, 3.8) is 0 Å². The highest BCUT2D eigenvalue weighted by molar-refractivity contribution is 14.0. The molecule has 0 spiro atoms. The van der Waals surface area contributed by atoms with Gasteiger partial charge in [-0.05, 0) is 49.7 Å². The van der Waals surface area contributed by atoms with Crippen LogP contribution in [0.5, 0.6) is 0 Å². The van der Waals surface area contributed by atoms with E-state index in [0.29, 0.717) is 5.96 Å². The molecule has 1 aliphatic rings. The number of carbonyl (C=O) groups excluding carboxylic acids is 1. The maximum Gasteiger partial charge on any atom is 0.248 e. The van der Waals surface area contributed by atoms with Gasteiger partial charge in [0, 0.05) is 31.9 Å². The average Bonchev–Trinajstić information content (AvgIpc) is 3.13. The monoisotopic (exact) mass is 502 g/mol. The first-order valence-electron chi connectivity index (χ1n) is 10.1. The SMILES string of the molecule is CCNC(=NCC(=O)N1CCc2ccccc21)NCC(CC)(CC)CCO.I. The Morgan fingerprint density at radius 2 is 1.93 bits per heavy atom. The van der Waals surface area contributed by atoms with Crippen molar-refractivity contribution < 1.29 is 9.90 Å². The normalized spacial score (nSPS) is 13.7. The van der Waals surface area contributed by atoms with Crippen LogP contribution in [-0.4, -0.2) is 49.8 Å². The van der Waals surface area contributed by atoms with Crippen LogP contribution in [0.3, 0.4) is 0 Å². The summed E-state index contributed by atoms with van der Waals surface area (Å²) < 4.78 is 0. The summed E-state index contributed by atoms with van der Waals surface area (Å²) in [5, 5.41) is 16.0. The van der Waals surface area contributed by atoms with Crippen LogP contribution in [0.15, 0.2) is 29.3 Å². The molecule has 2 rings (SSSR count). The van der Waals surface area contributed by atoms with Gasteiger partial charge in [0.2, 0.25) is 5.91 Å². The molecule has 1 aromatic rings. The number of halogens is 1. The number of hydrogen-bond donors (Lipinski definition) is 3. The lowest BCUT2D eigenvalue weighted by atomic mass is 9.79. The Bertz CT molecular complexity index is 647. The van der Waals surface area contributed by atoms with E-state index in [9.17, 15) is 9.90 Å². The maximum absolute atomic E-state index is 12.7. The van der Waals surface area contributed by atoms with E-state index in [1.54, 1.807) is 0 Å². The smallest absolute Gasteiger partial charge is 0.248 e. The van der Waals surface area contributed by atoms with Crippen LogP contribution < -0.4 is 15.5 Å². The zero-order chi connectivity index (χ0) is 19.7. The van der Waals surface area contributed by atoms with Gasteiger partial charge in [0.25, 0.3) is 0 Å². The lowest BCUT2D eigenvalue weighted by molar-refractivity contribution is -0.117. The maximum atomic E-state index is 12.7. The zero-order valence-electron chi connectivity index (χ0n) is 17.3. The molecule has 0 fully saturated rings. The molecule has 0 radical (unpaired) electrons. The molecule has 3 N–H and O–H groups in total. The molecule has 0 saturated heterocycles. The highest BCUT2D eigenvalue weighted by Gasteiger charge is 2.26. The summed E-state index contributed by atoms with van der Waals surface area (Å²) in [4.78, 5) is 19.0. The van der Waals surface area contributed by atoms with Gasteiger partial charge < -0.3 is 20.6 Å². The summed E-state index contributed by atoms with van der Waals surface area (Å²) >= 11 is 0. The second kappa shape index (κ2) is 12.3. The molecule has 158 valence electrons. The largest absolute Gasteiger partial charge is 0.396 e. The number of aliphatic imine (C=N–C) groups is 1. The molecule has 1 amide bonds. The number of nitrogens with zero attached hydrogens (tertiary/aromatic N) is 2. The number of anilines is 1. The summed E-state index contributed by atoms with van der Waals surface area (Å²) in [6, 6.07) is 8.06. The Kier molecular flexibility index (Phi) is 10.8. The summed E-state index contributed by atoms with van der Waals surface area (Å²) in [7, 11) is 0. The molecular formula is C21H35IN4O2. The summed E-state index contributed by atoms with van der Waals surface area (Å²) in [6.07, 6.45) is 3.64. The quantitative estimate of drug-likeness (QED) is 0.276. The van der Waals surface area contributed by atoms with Gasteiger partial charge >= 0.3 is 0 Å².